The lowest BCUT2D eigenvalue weighted by Crippen LogP contribution is -2.03. The van der Waals surface area contributed by atoms with Crippen LogP contribution in [0.15, 0.2) is 30.7 Å². The summed E-state index contributed by atoms with van der Waals surface area (Å²) in [6, 6.07) is 4.62. The van der Waals surface area contributed by atoms with Gasteiger partial charge in [0.2, 0.25) is 0 Å². The van der Waals surface area contributed by atoms with Crippen molar-refractivity contribution >= 4 is 28.2 Å². The largest absolute Gasteiger partial charge is 0.346 e. The first kappa shape index (κ1) is 13.6. The molecular weight excluding hydrogens is 301 g/mol. The molecule has 0 radical (unpaired) electrons. The Labute approximate surface area is 130 Å². The van der Waals surface area contributed by atoms with E-state index in [1.54, 1.807) is 6.07 Å². The number of halogens is 1. The Kier molecular flexibility index (Phi) is 3.26. The summed E-state index contributed by atoms with van der Waals surface area (Å²) in [4.78, 5) is 16.6. The average Bonchev–Trinajstić information content (AvgIpc) is 3.03. The molecule has 2 heterocycles. The number of hydrogen-bond donors (Lipinski definition) is 0. The Balaban J connectivity index is 1.74. The van der Waals surface area contributed by atoms with Gasteiger partial charge in [0.15, 0.2) is 5.78 Å². The van der Waals surface area contributed by atoms with Crippen LogP contribution in [-0.2, 0) is 13.0 Å². The van der Waals surface area contributed by atoms with Crippen LogP contribution in [0.2, 0.25) is 0 Å². The number of rotatable bonds is 5. The second kappa shape index (κ2) is 5.28. The van der Waals surface area contributed by atoms with Crippen LogP contribution in [0.3, 0.4) is 0 Å². The summed E-state index contributed by atoms with van der Waals surface area (Å²) in [6.45, 7) is 0.853. The predicted molar refractivity (Wildman–Crippen MR) is 82.6 cm³/mol. The predicted octanol–water partition coefficient (Wildman–Crippen LogP) is 3.47. The molecule has 0 aliphatic heterocycles. The van der Waals surface area contributed by atoms with Crippen LogP contribution in [0.1, 0.15) is 28.2 Å². The van der Waals surface area contributed by atoms with Crippen molar-refractivity contribution in [3.8, 4) is 0 Å². The number of Topliss-reactive ketones (excluding diaryl/α,β-unsaturated/α-hetero) is 1. The van der Waals surface area contributed by atoms with Crippen LogP contribution in [0, 0.1) is 11.7 Å². The van der Waals surface area contributed by atoms with Crippen LogP contribution < -0.4 is 0 Å². The van der Waals surface area contributed by atoms with E-state index < -0.39 is 0 Å². The third kappa shape index (κ3) is 2.54. The minimum atomic E-state index is -0.272. The van der Waals surface area contributed by atoms with Crippen molar-refractivity contribution < 1.29 is 9.18 Å². The molecule has 0 saturated heterocycles. The number of carbonyl (C=O) groups excluding carboxylic acids is 1. The van der Waals surface area contributed by atoms with E-state index >= 15 is 0 Å². The quantitative estimate of drug-likeness (QED) is 0.677. The minimum Gasteiger partial charge on any atom is -0.346 e. The molecule has 6 heteroatoms. The molecule has 0 amide bonds. The molecule has 4 nitrogen and oxygen atoms in total. The zero-order valence-electron chi connectivity index (χ0n) is 11.8. The number of hydrogen-bond acceptors (Lipinski definition) is 4. The minimum absolute atomic E-state index is 0.00269. The highest BCUT2D eigenvalue weighted by atomic mass is 32.1. The Morgan fingerprint density at radius 1 is 1.41 bits per heavy atom. The van der Waals surface area contributed by atoms with Gasteiger partial charge in [-0.25, -0.2) is 9.37 Å². The molecule has 3 aromatic rings. The van der Waals surface area contributed by atoms with Gasteiger partial charge < -0.3 is 4.57 Å². The summed E-state index contributed by atoms with van der Waals surface area (Å²) in [6.07, 6.45) is 5.99. The molecule has 0 unspecified atom stereocenters. The topological polar surface area (TPSA) is 47.8 Å². The molecule has 0 bridgehead atoms. The summed E-state index contributed by atoms with van der Waals surface area (Å²) < 4.78 is 19.5. The molecule has 1 aliphatic rings. The lowest BCUT2D eigenvalue weighted by molar-refractivity contribution is 0.0994. The van der Waals surface area contributed by atoms with E-state index in [1.165, 1.54) is 42.8 Å². The van der Waals surface area contributed by atoms with E-state index in [0.29, 0.717) is 16.5 Å². The number of carbonyl (C=O) groups is 1. The first-order valence-electron chi connectivity index (χ1n) is 7.28. The van der Waals surface area contributed by atoms with E-state index in [0.717, 1.165) is 17.4 Å². The Morgan fingerprint density at radius 2 is 2.27 bits per heavy atom. The van der Waals surface area contributed by atoms with E-state index in [2.05, 4.69) is 9.36 Å². The molecule has 4 rings (SSSR count). The maximum atomic E-state index is 13.6. The standard InChI is InChI=1S/C16H14FN3OS/c17-11-3-4-12-13(15(21)6-16-18-9-19-22-16)8-20(14(12)5-11)7-10-1-2-10/h3-5,8-10H,1-2,6-7H2. The van der Waals surface area contributed by atoms with Crippen molar-refractivity contribution in [1.82, 2.24) is 13.9 Å². The van der Waals surface area contributed by atoms with Gasteiger partial charge in [0.25, 0.3) is 0 Å². The van der Waals surface area contributed by atoms with Crippen LogP contribution in [-0.4, -0.2) is 19.7 Å². The molecule has 0 N–H and O–H groups in total. The highest BCUT2D eigenvalue weighted by Gasteiger charge is 2.24. The summed E-state index contributed by atoms with van der Waals surface area (Å²) in [5.74, 6) is 0.388. The summed E-state index contributed by atoms with van der Waals surface area (Å²) in [5, 5.41) is 1.52. The monoisotopic (exact) mass is 315 g/mol. The van der Waals surface area contributed by atoms with Crippen molar-refractivity contribution in [2.24, 2.45) is 5.92 Å². The lowest BCUT2D eigenvalue weighted by Gasteiger charge is -2.03. The zero-order chi connectivity index (χ0) is 15.1. The number of benzene rings is 1. The normalized spacial score (nSPS) is 14.6. The summed E-state index contributed by atoms with van der Waals surface area (Å²) in [5.41, 5.74) is 1.44. The van der Waals surface area contributed by atoms with Gasteiger partial charge >= 0.3 is 0 Å². The molecule has 1 saturated carbocycles. The lowest BCUT2D eigenvalue weighted by atomic mass is 10.1. The van der Waals surface area contributed by atoms with E-state index in [1.807, 2.05) is 10.8 Å². The number of fused-ring (bicyclic) bond motifs is 1. The fourth-order valence-corrected chi connectivity index (χ4v) is 3.23. The van der Waals surface area contributed by atoms with Gasteiger partial charge in [0, 0.05) is 23.7 Å². The van der Waals surface area contributed by atoms with Crippen molar-refractivity contribution in [2.45, 2.75) is 25.8 Å². The molecule has 0 atom stereocenters. The number of nitrogens with zero attached hydrogens (tertiary/aromatic N) is 3. The molecule has 1 fully saturated rings. The molecule has 0 spiro atoms. The van der Waals surface area contributed by atoms with Crippen LogP contribution in [0.25, 0.3) is 10.9 Å². The van der Waals surface area contributed by atoms with Gasteiger partial charge in [-0.2, -0.15) is 4.37 Å². The van der Waals surface area contributed by atoms with Crippen molar-refractivity contribution in [2.75, 3.05) is 0 Å². The first-order chi connectivity index (χ1) is 10.7. The third-order valence-corrected chi connectivity index (χ3v) is 4.68. The fourth-order valence-electron chi connectivity index (χ4n) is 2.72. The molecule has 2 aromatic heterocycles. The van der Waals surface area contributed by atoms with Gasteiger partial charge in [-0.15, -0.1) is 0 Å². The van der Waals surface area contributed by atoms with E-state index in [-0.39, 0.29) is 18.0 Å². The summed E-state index contributed by atoms with van der Waals surface area (Å²) in [7, 11) is 0. The first-order valence-corrected chi connectivity index (χ1v) is 8.05. The van der Waals surface area contributed by atoms with Crippen molar-refractivity contribution in [3.63, 3.8) is 0 Å². The van der Waals surface area contributed by atoms with Crippen molar-refractivity contribution in [3.05, 3.63) is 47.1 Å². The average molecular weight is 315 g/mol. The molecular formula is C16H14FN3OS. The zero-order valence-corrected chi connectivity index (χ0v) is 12.6. The van der Waals surface area contributed by atoms with Crippen LogP contribution in [0.5, 0.6) is 0 Å². The van der Waals surface area contributed by atoms with Crippen LogP contribution >= 0.6 is 11.5 Å². The second-order valence-corrected chi connectivity index (χ2v) is 6.60. The summed E-state index contributed by atoms with van der Waals surface area (Å²) >= 11 is 1.23. The van der Waals surface area contributed by atoms with Crippen LogP contribution in [0.4, 0.5) is 4.39 Å². The molecule has 112 valence electrons. The van der Waals surface area contributed by atoms with E-state index in [4.69, 9.17) is 0 Å². The second-order valence-electron chi connectivity index (χ2n) is 5.73. The van der Waals surface area contributed by atoms with Gasteiger partial charge in [0.05, 0.1) is 11.9 Å². The fraction of sp³-hybridized carbons (Fsp3) is 0.312. The Bertz CT molecular complexity index is 837. The number of ketones is 1. The van der Waals surface area contributed by atoms with Crippen molar-refractivity contribution in [1.29, 1.82) is 0 Å². The van der Waals surface area contributed by atoms with E-state index in [9.17, 15) is 9.18 Å². The highest BCUT2D eigenvalue weighted by molar-refractivity contribution is 7.05. The van der Waals surface area contributed by atoms with Gasteiger partial charge in [0.1, 0.15) is 17.2 Å². The molecule has 1 aromatic carbocycles. The van der Waals surface area contributed by atoms with Gasteiger partial charge in [-0.05, 0) is 48.5 Å². The smallest absolute Gasteiger partial charge is 0.171 e. The van der Waals surface area contributed by atoms with Gasteiger partial charge in [-0.1, -0.05) is 0 Å². The maximum Gasteiger partial charge on any atom is 0.171 e. The maximum absolute atomic E-state index is 13.6. The third-order valence-electron chi connectivity index (χ3n) is 4.02. The highest BCUT2D eigenvalue weighted by Crippen LogP contribution is 2.33. The van der Waals surface area contributed by atoms with Gasteiger partial charge in [-0.3, -0.25) is 4.79 Å². The Morgan fingerprint density at radius 3 is 3.00 bits per heavy atom. The molecule has 1 aliphatic carbocycles. The number of aromatic nitrogens is 3. The Hall–Kier alpha value is -2.08. The SMILES string of the molecule is O=C(Cc1ncns1)c1cn(CC2CC2)c2cc(F)ccc12. The molecule has 22 heavy (non-hydrogen) atoms.